The van der Waals surface area contributed by atoms with Crippen LogP contribution in [0.3, 0.4) is 0 Å². The van der Waals surface area contributed by atoms with Gasteiger partial charge in [-0.3, -0.25) is 4.79 Å². The average molecular weight is 493 g/mol. The van der Waals surface area contributed by atoms with Gasteiger partial charge < -0.3 is 10.1 Å². The second-order valence-corrected chi connectivity index (χ2v) is 11.9. The smallest absolute Gasteiger partial charge is 0.224 e. The summed E-state index contributed by atoms with van der Waals surface area (Å²) in [6.07, 6.45) is 1.32. The molecule has 1 heterocycles. The third-order valence-corrected chi connectivity index (χ3v) is 7.79. The van der Waals surface area contributed by atoms with Gasteiger partial charge in [-0.15, -0.1) is 0 Å². The molecule has 1 N–H and O–H groups in total. The number of rotatable bonds is 8. The topological polar surface area (TPSA) is 75.7 Å². The Hall–Kier alpha value is -2.09. The van der Waals surface area contributed by atoms with Gasteiger partial charge in [-0.05, 0) is 47.6 Å². The molecule has 0 aromatic heterocycles. The zero-order valence-corrected chi connectivity index (χ0v) is 21.1. The molecule has 0 bridgehead atoms. The molecular weight excluding hydrogens is 460 g/mol. The van der Waals surface area contributed by atoms with Crippen LogP contribution < -0.4 is 10.1 Å². The lowest BCUT2D eigenvalue weighted by Crippen LogP contribution is -2.46. The largest absolute Gasteiger partial charge is 0.491 e. The number of amides is 1. The van der Waals surface area contributed by atoms with Gasteiger partial charge in [-0.2, -0.15) is 0 Å². The monoisotopic (exact) mass is 492 g/mol. The van der Waals surface area contributed by atoms with Crippen LogP contribution in [0.5, 0.6) is 5.75 Å². The normalized spacial score (nSPS) is 17.5. The van der Waals surface area contributed by atoms with Crippen LogP contribution in [0.25, 0.3) is 0 Å². The lowest BCUT2D eigenvalue weighted by Gasteiger charge is -2.31. The van der Waals surface area contributed by atoms with Crippen LogP contribution in [0.2, 0.25) is 5.02 Å². The second-order valence-electron chi connectivity index (χ2n) is 9.47. The predicted octanol–water partition coefficient (Wildman–Crippen LogP) is 4.37. The number of hydrogen-bond donors (Lipinski definition) is 1. The van der Waals surface area contributed by atoms with E-state index in [1.165, 1.54) is 4.31 Å². The number of sulfonamides is 1. The molecule has 2 aromatic rings. The van der Waals surface area contributed by atoms with Crippen molar-refractivity contribution in [2.75, 3.05) is 26.2 Å². The highest BCUT2D eigenvalue weighted by Gasteiger charge is 2.32. The minimum atomic E-state index is -3.53. The van der Waals surface area contributed by atoms with Crippen molar-refractivity contribution >= 4 is 27.5 Å². The highest BCUT2D eigenvalue weighted by atomic mass is 35.5. The van der Waals surface area contributed by atoms with Crippen molar-refractivity contribution in [3.05, 3.63) is 64.7 Å². The standard InChI is InChI=1S/C25H33ClN2O4S/c1-25(2,3)22-11-4-5-12-23(22)32-15-13-27-24(29)20-9-7-14-28(17-20)33(30,31)18-19-8-6-10-21(26)16-19/h4-6,8,10-12,16,20H,7,9,13-15,17-18H2,1-3H3,(H,27,29)/t20-/m0/s1. The summed E-state index contributed by atoms with van der Waals surface area (Å²) < 4.78 is 33.1. The van der Waals surface area contributed by atoms with E-state index < -0.39 is 10.0 Å². The molecule has 3 rings (SSSR count). The zero-order valence-electron chi connectivity index (χ0n) is 19.5. The molecule has 1 atom stereocenters. The van der Waals surface area contributed by atoms with Gasteiger partial charge in [-0.1, -0.05) is 62.7 Å². The van der Waals surface area contributed by atoms with E-state index in [-0.39, 0.29) is 29.5 Å². The molecule has 0 radical (unpaired) electrons. The molecule has 1 fully saturated rings. The molecule has 1 saturated heterocycles. The van der Waals surface area contributed by atoms with E-state index in [0.29, 0.717) is 43.1 Å². The van der Waals surface area contributed by atoms with E-state index in [9.17, 15) is 13.2 Å². The quantitative estimate of drug-likeness (QED) is 0.555. The summed E-state index contributed by atoms with van der Waals surface area (Å²) in [6, 6.07) is 14.8. The number of halogens is 1. The molecule has 1 aliphatic heterocycles. The van der Waals surface area contributed by atoms with Crippen molar-refractivity contribution in [1.29, 1.82) is 0 Å². The number of carbonyl (C=O) groups excluding carboxylic acids is 1. The molecule has 2 aromatic carbocycles. The third kappa shape index (κ3) is 7.19. The molecule has 0 aliphatic carbocycles. The van der Waals surface area contributed by atoms with E-state index in [1.54, 1.807) is 24.3 Å². The average Bonchev–Trinajstić information content (AvgIpc) is 2.76. The summed E-state index contributed by atoms with van der Waals surface area (Å²) in [5, 5.41) is 3.41. The molecule has 0 unspecified atom stereocenters. The van der Waals surface area contributed by atoms with Gasteiger partial charge in [0.25, 0.3) is 0 Å². The van der Waals surface area contributed by atoms with E-state index >= 15 is 0 Å². The summed E-state index contributed by atoms with van der Waals surface area (Å²) in [5.41, 5.74) is 1.72. The van der Waals surface area contributed by atoms with E-state index in [2.05, 4.69) is 26.1 Å². The maximum atomic E-state index is 12.9. The van der Waals surface area contributed by atoms with E-state index in [1.807, 2.05) is 24.3 Å². The molecule has 0 saturated carbocycles. The van der Waals surface area contributed by atoms with Crippen LogP contribution in [-0.2, 0) is 26.0 Å². The minimum Gasteiger partial charge on any atom is -0.491 e. The summed E-state index contributed by atoms with van der Waals surface area (Å²) >= 11 is 5.98. The highest BCUT2D eigenvalue weighted by Crippen LogP contribution is 2.30. The maximum Gasteiger partial charge on any atom is 0.224 e. The van der Waals surface area contributed by atoms with Crippen LogP contribution in [0, 0.1) is 5.92 Å². The van der Waals surface area contributed by atoms with Gasteiger partial charge in [0.1, 0.15) is 12.4 Å². The van der Waals surface area contributed by atoms with Gasteiger partial charge >= 0.3 is 0 Å². The third-order valence-electron chi connectivity index (χ3n) is 5.74. The highest BCUT2D eigenvalue weighted by molar-refractivity contribution is 7.88. The van der Waals surface area contributed by atoms with Crippen molar-refractivity contribution in [3.63, 3.8) is 0 Å². The summed E-state index contributed by atoms with van der Waals surface area (Å²) in [5.74, 6) is 0.193. The van der Waals surface area contributed by atoms with E-state index in [0.717, 1.165) is 11.3 Å². The van der Waals surface area contributed by atoms with Gasteiger partial charge in [0, 0.05) is 18.1 Å². The number of benzene rings is 2. The minimum absolute atomic E-state index is 0.0397. The van der Waals surface area contributed by atoms with Crippen LogP contribution in [0.15, 0.2) is 48.5 Å². The Bertz CT molecular complexity index is 1070. The Balaban J connectivity index is 1.51. The van der Waals surface area contributed by atoms with Crippen molar-refractivity contribution in [2.45, 2.75) is 44.8 Å². The molecule has 180 valence electrons. The molecule has 0 spiro atoms. The Kier molecular flexibility index (Phi) is 8.43. The molecule has 6 nitrogen and oxygen atoms in total. The second kappa shape index (κ2) is 10.9. The lowest BCUT2D eigenvalue weighted by molar-refractivity contribution is -0.126. The van der Waals surface area contributed by atoms with Crippen molar-refractivity contribution in [2.24, 2.45) is 5.92 Å². The van der Waals surface area contributed by atoms with Crippen molar-refractivity contribution in [3.8, 4) is 5.75 Å². The number of nitrogens with zero attached hydrogens (tertiary/aromatic N) is 1. The number of hydrogen-bond acceptors (Lipinski definition) is 4. The first-order valence-electron chi connectivity index (χ1n) is 11.3. The maximum absolute atomic E-state index is 12.9. The van der Waals surface area contributed by atoms with Gasteiger partial charge in [-0.25, -0.2) is 12.7 Å². The lowest BCUT2D eigenvalue weighted by atomic mass is 9.86. The van der Waals surface area contributed by atoms with Crippen molar-refractivity contribution in [1.82, 2.24) is 9.62 Å². The van der Waals surface area contributed by atoms with Gasteiger partial charge in [0.05, 0.1) is 18.2 Å². The van der Waals surface area contributed by atoms with Gasteiger partial charge in [0.15, 0.2) is 0 Å². The summed E-state index contributed by atoms with van der Waals surface area (Å²) in [7, 11) is -3.53. The molecule has 1 amide bonds. The molecule has 33 heavy (non-hydrogen) atoms. The Morgan fingerprint density at radius 1 is 1.18 bits per heavy atom. The number of nitrogens with one attached hydrogen (secondary N) is 1. The van der Waals surface area contributed by atoms with Crippen LogP contribution in [0.1, 0.15) is 44.7 Å². The van der Waals surface area contributed by atoms with E-state index in [4.69, 9.17) is 16.3 Å². The first-order chi connectivity index (χ1) is 15.6. The number of piperidine rings is 1. The molecular formula is C25H33ClN2O4S. The number of carbonyl (C=O) groups is 1. The first kappa shape index (κ1) is 25.5. The SMILES string of the molecule is CC(C)(C)c1ccccc1OCCNC(=O)[C@H]1CCCN(S(=O)(=O)Cc2cccc(Cl)c2)C1. The van der Waals surface area contributed by atoms with Gasteiger partial charge in [0.2, 0.25) is 15.9 Å². The Morgan fingerprint density at radius 2 is 1.94 bits per heavy atom. The zero-order chi connectivity index (χ0) is 24.1. The van der Waals surface area contributed by atoms with Crippen molar-refractivity contribution < 1.29 is 17.9 Å². The fourth-order valence-electron chi connectivity index (χ4n) is 4.03. The fourth-order valence-corrected chi connectivity index (χ4v) is 5.84. The Morgan fingerprint density at radius 3 is 2.67 bits per heavy atom. The summed E-state index contributed by atoms with van der Waals surface area (Å²) in [4.78, 5) is 12.7. The predicted molar refractivity (Wildman–Crippen MR) is 132 cm³/mol. The fraction of sp³-hybridized carbons (Fsp3) is 0.480. The number of ether oxygens (including phenoxy) is 1. The molecule has 8 heteroatoms. The van der Waals surface area contributed by atoms with Crippen LogP contribution in [0.4, 0.5) is 0 Å². The van der Waals surface area contributed by atoms with Crippen LogP contribution >= 0.6 is 11.6 Å². The Labute approximate surface area is 202 Å². The van der Waals surface area contributed by atoms with Crippen LogP contribution in [-0.4, -0.2) is 44.9 Å². The summed E-state index contributed by atoms with van der Waals surface area (Å²) in [6.45, 7) is 7.73. The molecule has 1 aliphatic rings. The number of para-hydroxylation sites is 1. The first-order valence-corrected chi connectivity index (χ1v) is 13.3.